The van der Waals surface area contributed by atoms with Crippen LogP contribution in [0, 0.1) is 5.92 Å². The molecule has 4 nitrogen and oxygen atoms in total. The molecule has 2 unspecified atom stereocenters. The molecule has 2 aliphatic rings. The third kappa shape index (κ3) is 3.85. The summed E-state index contributed by atoms with van der Waals surface area (Å²) in [4.78, 5) is 2.41. The molecule has 0 spiro atoms. The molecule has 2 fully saturated rings. The number of phenols is 2. The van der Waals surface area contributed by atoms with Crippen molar-refractivity contribution in [2.24, 2.45) is 5.92 Å². The highest BCUT2D eigenvalue weighted by Gasteiger charge is 2.49. The van der Waals surface area contributed by atoms with Gasteiger partial charge in [-0.2, -0.15) is 0 Å². The second-order valence-electron chi connectivity index (χ2n) is 7.74. The van der Waals surface area contributed by atoms with E-state index in [2.05, 4.69) is 11.5 Å². The second kappa shape index (κ2) is 7.79. The van der Waals surface area contributed by atoms with Crippen LogP contribution in [0.4, 0.5) is 0 Å². The Balaban J connectivity index is 1.67. The Kier molecular flexibility index (Phi) is 5.70. The number of rotatable bonds is 6. The van der Waals surface area contributed by atoms with Crippen LogP contribution < -0.4 is 0 Å². The van der Waals surface area contributed by atoms with Gasteiger partial charge in [-0.25, -0.2) is 0 Å². The van der Waals surface area contributed by atoms with Gasteiger partial charge >= 0.3 is 0 Å². The SMILES string of the molecule is C=CCN1CCC2CCCCC2(O)[C@H]1CCCc1ccc(O)c(O)c1. The topological polar surface area (TPSA) is 63.9 Å². The van der Waals surface area contributed by atoms with Gasteiger partial charge in [0, 0.05) is 12.6 Å². The van der Waals surface area contributed by atoms with Crippen LogP contribution in [0.25, 0.3) is 0 Å². The van der Waals surface area contributed by atoms with Crippen LogP contribution in [0.2, 0.25) is 0 Å². The van der Waals surface area contributed by atoms with E-state index in [1.807, 2.05) is 12.1 Å². The van der Waals surface area contributed by atoms with E-state index in [0.717, 1.165) is 63.6 Å². The second-order valence-corrected chi connectivity index (χ2v) is 7.74. The molecular formula is C21H31NO3. The van der Waals surface area contributed by atoms with E-state index in [4.69, 9.17) is 0 Å². The molecule has 4 heteroatoms. The Morgan fingerprint density at radius 1 is 1.20 bits per heavy atom. The van der Waals surface area contributed by atoms with Gasteiger partial charge in [0.25, 0.3) is 0 Å². The predicted octanol–water partition coefficient (Wildman–Crippen LogP) is 3.60. The number of hydrogen-bond acceptors (Lipinski definition) is 4. The maximum atomic E-state index is 11.5. The zero-order valence-electron chi connectivity index (χ0n) is 15.0. The zero-order chi connectivity index (χ0) is 17.9. The Morgan fingerprint density at radius 2 is 2.04 bits per heavy atom. The molecule has 0 radical (unpaired) electrons. The first-order valence-corrected chi connectivity index (χ1v) is 9.63. The van der Waals surface area contributed by atoms with E-state index in [9.17, 15) is 15.3 Å². The quantitative estimate of drug-likeness (QED) is 0.544. The zero-order valence-corrected chi connectivity index (χ0v) is 15.0. The van der Waals surface area contributed by atoms with E-state index in [1.54, 1.807) is 12.1 Å². The summed E-state index contributed by atoms with van der Waals surface area (Å²) in [5.74, 6) is 0.298. The summed E-state index contributed by atoms with van der Waals surface area (Å²) in [6.45, 7) is 5.77. The molecule has 0 amide bonds. The van der Waals surface area contributed by atoms with Crippen molar-refractivity contribution in [3.8, 4) is 11.5 Å². The largest absolute Gasteiger partial charge is 0.504 e. The Morgan fingerprint density at radius 3 is 2.80 bits per heavy atom. The lowest BCUT2D eigenvalue weighted by Crippen LogP contribution is -2.62. The molecule has 3 N–H and O–H groups in total. The smallest absolute Gasteiger partial charge is 0.157 e. The first-order chi connectivity index (χ1) is 12.0. The number of fused-ring (bicyclic) bond motifs is 1. The molecule has 138 valence electrons. The molecule has 0 aromatic heterocycles. The summed E-state index contributed by atoms with van der Waals surface area (Å²) >= 11 is 0. The van der Waals surface area contributed by atoms with Crippen LogP contribution in [0.1, 0.15) is 50.5 Å². The van der Waals surface area contributed by atoms with Crippen molar-refractivity contribution in [3.63, 3.8) is 0 Å². The summed E-state index contributed by atoms with van der Waals surface area (Å²) in [7, 11) is 0. The minimum atomic E-state index is -0.559. The maximum absolute atomic E-state index is 11.5. The number of nitrogens with zero attached hydrogens (tertiary/aromatic N) is 1. The Bertz CT molecular complexity index is 603. The summed E-state index contributed by atoms with van der Waals surface area (Å²) in [6.07, 6.45) is 10.2. The molecule has 3 atom stereocenters. The lowest BCUT2D eigenvalue weighted by atomic mass is 9.66. The molecule has 1 aromatic rings. The fourth-order valence-corrected chi connectivity index (χ4v) is 4.92. The highest BCUT2D eigenvalue weighted by Crippen LogP contribution is 2.44. The number of likely N-dealkylation sites (tertiary alicyclic amines) is 1. The lowest BCUT2D eigenvalue weighted by molar-refractivity contribution is -0.140. The average Bonchev–Trinajstić information content (AvgIpc) is 2.60. The van der Waals surface area contributed by atoms with Crippen molar-refractivity contribution in [1.82, 2.24) is 4.90 Å². The Labute approximate surface area is 150 Å². The van der Waals surface area contributed by atoms with E-state index in [0.29, 0.717) is 5.92 Å². The van der Waals surface area contributed by atoms with E-state index < -0.39 is 5.60 Å². The molecule has 1 saturated carbocycles. The number of hydrogen-bond donors (Lipinski definition) is 3. The van der Waals surface area contributed by atoms with E-state index in [1.165, 1.54) is 6.42 Å². The van der Waals surface area contributed by atoms with Gasteiger partial charge in [-0.15, -0.1) is 6.58 Å². The fourth-order valence-electron chi connectivity index (χ4n) is 4.92. The first kappa shape index (κ1) is 18.3. The third-order valence-corrected chi connectivity index (χ3v) is 6.22. The number of aliphatic hydroxyl groups is 1. The van der Waals surface area contributed by atoms with Crippen LogP contribution in [0.5, 0.6) is 11.5 Å². The molecule has 1 aliphatic carbocycles. The van der Waals surface area contributed by atoms with Gasteiger partial charge in [0.2, 0.25) is 0 Å². The molecule has 1 aromatic carbocycles. The lowest BCUT2D eigenvalue weighted by Gasteiger charge is -2.53. The monoisotopic (exact) mass is 345 g/mol. The van der Waals surface area contributed by atoms with Gasteiger partial charge in [-0.3, -0.25) is 4.90 Å². The van der Waals surface area contributed by atoms with E-state index in [-0.39, 0.29) is 17.5 Å². The van der Waals surface area contributed by atoms with Crippen molar-refractivity contribution in [1.29, 1.82) is 0 Å². The maximum Gasteiger partial charge on any atom is 0.157 e. The summed E-state index contributed by atoms with van der Waals surface area (Å²) in [5, 5.41) is 30.6. The normalized spacial score (nSPS) is 30.0. The molecule has 0 bridgehead atoms. The van der Waals surface area contributed by atoms with Crippen molar-refractivity contribution in [2.45, 2.75) is 63.0 Å². The van der Waals surface area contributed by atoms with Gasteiger partial charge in [0.05, 0.1) is 5.60 Å². The minimum absolute atomic E-state index is 0.0607. The number of piperidine rings is 1. The minimum Gasteiger partial charge on any atom is -0.504 e. The molecule has 3 rings (SSSR count). The van der Waals surface area contributed by atoms with Crippen molar-refractivity contribution < 1.29 is 15.3 Å². The molecule has 1 aliphatic heterocycles. The van der Waals surface area contributed by atoms with Crippen molar-refractivity contribution in [2.75, 3.05) is 13.1 Å². The van der Waals surface area contributed by atoms with Gasteiger partial charge in [-0.05, 0) is 68.7 Å². The highest BCUT2D eigenvalue weighted by atomic mass is 16.3. The van der Waals surface area contributed by atoms with E-state index >= 15 is 0 Å². The number of phenolic OH excluding ortho intramolecular Hbond substituents is 2. The number of aromatic hydroxyl groups is 2. The standard InChI is InChI=1S/C21H31NO3/c1-2-13-22-14-11-17-7-3-4-12-21(17,25)20(22)8-5-6-16-9-10-18(23)19(24)15-16/h2,9-10,15,17,20,23-25H,1,3-8,11-14H2/t17?,20-,21?/m1/s1. The molecular weight excluding hydrogens is 314 g/mol. The van der Waals surface area contributed by atoms with Crippen molar-refractivity contribution in [3.05, 3.63) is 36.4 Å². The average molecular weight is 345 g/mol. The van der Waals surface area contributed by atoms with Crippen LogP contribution in [0.15, 0.2) is 30.9 Å². The summed E-state index contributed by atoms with van der Waals surface area (Å²) in [6, 6.07) is 5.22. The first-order valence-electron chi connectivity index (χ1n) is 9.63. The van der Waals surface area contributed by atoms with Gasteiger partial charge in [0.15, 0.2) is 11.5 Å². The van der Waals surface area contributed by atoms with Crippen LogP contribution >= 0.6 is 0 Å². The molecule has 1 heterocycles. The van der Waals surface area contributed by atoms with Gasteiger partial charge < -0.3 is 15.3 Å². The van der Waals surface area contributed by atoms with Gasteiger partial charge in [-0.1, -0.05) is 25.0 Å². The van der Waals surface area contributed by atoms with Gasteiger partial charge in [0.1, 0.15) is 0 Å². The molecule has 1 saturated heterocycles. The fraction of sp³-hybridized carbons (Fsp3) is 0.619. The number of aryl methyl sites for hydroxylation is 1. The van der Waals surface area contributed by atoms with Crippen LogP contribution in [0.3, 0.4) is 0 Å². The highest BCUT2D eigenvalue weighted by molar-refractivity contribution is 5.40. The van der Waals surface area contributed by atoms with Crippen molar-refractivity contribution >= 4 is 0 Å². The summed E-state index contributed by atoms with van der Waals surface area (Å²) < 4.78 is 0. The predicted molar refractivity (Wildman–Crippen MR) is 99.8 cm³/mol. The Hall–Kier alpha value is -1.52. The molecule has 25 heavy (non-hydrogen) atoms. The van der Waals surface area contributed by atoms with Crippen LogP contribution in [-0.4, -0.2) is 45.0 Å². The summed E-state index contributed by atoms with van der Waals surface area (Å²) in [5.41, 5.74) is 0.463. The number of benzene rings is 1. The third-order valence-electron chi connectivity index (χ3n) is 6.22. The van der Waals surface area contributed by atoms with Crippen LogP contribution in [-0.2, 0) is 6.42 Å².